The standard InChI is InChI=1S/C14H15BrFN3/c15-9-4-5-10(11(16)7-9)13-8-18-14(19-13)12-3-1-2-6-17-12/h4-5,7-8,12,17H,1-3,6H2,(H,18,19). The van der Waals surface area contributed by atoms with Crippen LogP contribution in [0, 0.1) is 5.82 Å². The van der Waals surface area contributed by atoms with Gasteiger partial charge in [-0.3, -0.25) is 0 Å². The topological polar surface area (TPSA) is 40.7 Å². The lowest BCUT2D eigenvalue weighted by Gasteiger charge is -2.21. The molecular weight excluding hydrogens is 309 g/mol. The summed E-state index contributed by atoms with van der Waals surface area (Å²) in [5, 5.41) is 3.43. The van der Waals surface area contributed by atoms with Gasteiger partial charge in [-0.2, -0.15) is 0 Å². The molecular formula is C14H15BrFN3. The van der Waals surface area contributed by atoms with Crippen molar-refractivity contribution < 1.29 is 4.39 Å². The molecule has 1 aliphatic rings. The minimum atomic E-state index is -0.249. The van der Waals surface area contributed by atoms with Crippen molar-refractivity contribution in [2.75, 3.05) is 6.54 Å². The minimum Gasteiger partial charge on any atom is -0.341 e. The molecule has 0 spiro atoms. The number of halogens is 2. The molecule has 1 fully saturated rings. The number of hydrogen-bond donors (Lipinski definition) is 2. The van der Waals surface area contributed by atoms with Crippen LogP contribution in [0.25, 0.3) is 11.3 Å². The van der Waals surface area contributed by atoms with E-state index in [1.54, 1.807) is 12.3 Å². The Bertz CT molecular complexity index is 576. The van der Waals surface area contributed by atoms with Crippen LogP contribution in [-0.4, -0.2) is 16.5 Å². The molecule has 1 aliphatic heterocycles. The number of aromatic amines is 1. The first-order chi connectivity index (χ1) is 9.24. The van der Waals surface area contributed by atoms with Gasteiger partial charge in [0.15, 0.2) is 0 Å². The third kappa shape index (κ3) is 2.72. The molecule has 2 heterocycles. The Morgan fingerprint density at radius 2 is 2.21 bits per heavy atom. The first-order valence-electron chi connectivity index (χ1n) is 6.48. The number of imidazole rings is 1. The molecule has 3 nitrogen and oxygen atoms in total. The largest absolute Gasteiger partial charge is 0.341 e. The molecule has 0 aliphatic carbocycles. The molecule has 1 atom stereocenters. The van der Waals surface area contributed by atoms with Crippen molar-refractivity contribution in [2.45, 2.75) is 25.3 Å². The lowest BCUT2D eigenvalue weighted by atomic mass is 10.0. The van der Waals surface area contributed by atoms with Gasteiger partial charge in [0, 0.05) is 10.0 Å². The monoisotopic (exact) mass is 323 g/mol. The summed E-state index contributed by atoms with van der Waals surface area (Å²) in [4.78, 5) is 7.61. The molecule has 0 bridgehead atoms. The van der Waals surface area contributed by atoms with E-state index in [-0.39, 0.29) is 11.9 Å². The molecule has 0 radical (unpaired) electrons. The smallest absolute Gasteiger partial charge is 0.133 e. The molecule has 0 amide bonds. The Labute approximate surface area is 119 Å². The number of aromatic nitrogens is 2. The summed E-state index contributed by atoms with van der Waals surface area (Å²) in [5.74, 6) is 0.651. The number of hydrogen-bond acceptors (Lipinski definition) is 2. The van der Waals surface area contributed by atoms with Gasteiger partial charge in [-0.15, -0.1) is 0 Å². The van der Waals surface area contributed by atoms with E-state index in [0.29, 0.717) is 5.56 Å². The molecule has 3 rings (SSSR count). The number of nitrogens with zero attached hydrogens (tertiary/aromatic N) is 1. The van der Waals surface area contributed by atoms with Crippen molar-refractivity contribution in [1.82, 2.24) is 15.3 Å². The highest BCUT2D eigenvalue weighted by Crippen LogP contribution is 2.27. The molecule has 1 aromatic heterocycles. The highest BCUT2D eigenvalue weighted by molar-refractivity contribution is 9.10. The summed E-state index contributed by atoms with van der Waals surface area (Å²) >= 11 is 3.26. The summed E-state index contributed by atoms with van der Waals surface area (Å²) in [5.41, 5.74) is 1.28. The zero-order valence-corrected chi connectivity index (χ0v) is 12.0. The normalized spacial score (nSPS) is 19.6. The van der Waals surface area contributed by atoms with Gasteiger partial charge in [0.1, 0.15) is 11.6 Å². The Hall–Kier alpha value is -1.20. The van der Waals surface area contributed by atoms with E-state index < -0.39 is 0 Å². The molecule has 0 saturated carbocycles. The highest BCUT2D eigenvalue weighted by atomic mass is 79.9. The average molecular weight is 324 g/mol. The maximum Gasteiger partial charge on any atom is 0.133 e. The van der Waals surface area contributed by atoms with Crippen LogP contribution < -0.4 is 5.32 Å². The fourth-order valence-corrected chi connectivity index (χ4v) is 2.78. The van der Waals surface area contributed by atoms with Crippen molar-refractivity contribution >= 4 is 15.9 Å². The molecule has 1 saturated heterocycles. The summed E-state index contributed by atoms with van der Waals surface area (Å²) in [6.45, 7) is 1.02. The summed E-state index contributed by atoms with van der Waals surface area (Å²) in [6, 6.07) is 5.32. The Kier molecular flexibility index (Phi) is 3.66. The van der Waals surface area contributed by atoms with Crippen LogP contribution in [0.2, 0.25) is 0 Å². The second kappa shape index (κ2) is 5.43. The Morgan fingerprint density at radius 3 is 2.95 bits per heavy atom. The van der Waals surface area contributed by atoms with E-state index in [4.69, 9.17) is 0 Å². The maximum atomic E-state index is 13.9. The van der Waals surface area contributed by atoms with Gasteiger partial charge >= 0.3 is 0 Å². The Balaban J connectivity index is 1.87. The predicted molar refractivity (Wildman–Crippen MR) is 76.3 cm³/mol. The zero-order chi connectivity index (χ0) is 13.2. The van der Waals surface area contributed by atoms with E-state index in [9.17, 15) is 4.39 Å². The van der Waals surface area contributed by atoms with Crippen molar-refractivity contribution in [3.63, 3.8) is 0 Å². The second-order valence-corrected chi connectivity index (χ2v) is 5.72. The van der Waals surface area contributed by atoms with E-state index in [0.717, 1.165) is 29.0 Å². The first-order valence-corrected chi connectivity index (χ1v) is 7.27. The van der Waals surface area contributed by atoms with Crippen LogP contribution in [-0.2, 0) is 0 Å². The van der Waals surface area contributed by atoms with E-state index in [2.05, 4.69) is 31.2 Å². The number of nitrogens with one attached hydrogen (secondary N) is 2. The van der Waals surface area contributed by atoms with Gasteiger partial charge in [0.2, 0.25) is 0 Å². The van der Waals surface area contributed by atoms with Crippen LogP contribution in [0.1, 0.15) is 31.1 Å². The molecule has 1 unspecified atom stereocenters. The van der Waals surface area contributed by atoms with Crippen LogP contribution >= 0.6 is 15.9 Å². The first kappa shape index (κ1) is 12.8. The van der Waals surface area contributed by atoms with Crippen LogP contribution in [0.15, 0.2) is 28.9 Å². The van der Waals surface area contributed by atoms with Gasteiger partial charge in [0.05, 0.1) is 17.9 Å². The third-order valence-corrected chi connectivity index (χ3v) is 3.95. The molecule has 1 aromatic carbocycles. The fourth-order valence-electron chi connectivity index (χ4n) is 2.44. The van der Waals surface area contributed by atoms with Gasteiger partial charge in [-0.25, -0.2) is 9.37 Å². The van der Waals surface area contributed by atoms with Crippen molar-refractivity contribution in [2.24, 2.45) is 0 Å². The maximum absolute atomic E-state index is 13.9. The number of benzene rings is 1. The van der Waals surface area contributed by atoms with Crippen LogP contribution in [0.5, 0.6) is 0 Å². The lowest BCUT2D eigenvalue weighted by molar-refractivity contribution is 0.399. The number of piperidine rings is 1. The average Bonchev–Trinajstić information content (AvgIpc) is 2.89. The van der Waals surface area contributed by atoms with Crippen molar-refractivity contribution in [3.8, 4) is 11.3 Å². The third-order valence-electron chi connectivity index (χ3n) is 3.46. The van der Waals surface area contributed by atoms with E-state index in [1.165, 1.54) is 18.9 Å². The highest BCUT2D eigenvalue weighted by Gasteiger charge is 2.18. The van der Waals surface area contributed by atoms with Crippen molar-refractivity contribution in [1.29, 1.82) is 0 Å². The molecule has 100 valence electrons. The fraction of sp³-hybridized carbons (Fsp3) is 0.357. The minimum absolute atomic E-state index is 0.249. The predicted octanol–water partition coefficient (Wildman–Crippen LogP) is 3.79. The quantitative estimate of drug-likeness (QED) is 0.882. The SMILES string of the molecule is Fc1cc(Br)ccc1-c1cnc(C2CCCCN2)[nH]1. The van der Waals surface area contributed by atoms with Crippen LogP contribution in [0.4, 0.5) is 4.39 Å². The van der Waals surface area contributed by atoms with Gasteiger partial charge in [0.25, 0.3) is 0 Å². The molecule has 2 N–H and O–H groups in total. The Morgan fingerprint density at radius 1 is 1.32 bits per heavy atom. The summed E-state index contributed by atoms with van der Waals surface area (Å²) in [7, 11) is 0. The zero-order valence-electron chi connectivity index (χ0n) is 10.4. The number of rotatable bonds is 2. The van der Waals surface area contributed by atoms with Crippen LogP contribution in [0.3, 0.4) is 0 Å². The lowest BCUT2D eigenvalue weighted by Crippen LogP contribution is -2.27. The summed E-state index contributed by atoms with van der Waals surface area (Å²) < 4.78 is 14.6. The van der Waals surface area contributed by atoms with Gasteiger partial charge in [-0.1, -0.05) is 22.4 Å². The summed E-state index contributed by atoms with van der Waals surface area (Å²) in [6.07, 6.45) is 5.21. The van der Waals surface area contributed by atoms with E-state index >= 15 is 0 Å². The van der Waals surface area contributed by atoms with E-state index in [1.807, 2.05) is 6.07 Å². The molecule has 5 heteroatoms. The van der Waals surface area contributed by atoms with Gasteiger partial charge < -0.3 is 10.3 Å². The molecule has 19 heavy (non-hydrogen) atoms. The molecule has 2 aromatic rings. The number of H-pyrrole nitrogens is 1. The van der Waals surface area contributed by atoms with Crippen molar-refractivity contribution in [3.05, 3.63) is 40.5 Å². The van der Waals surface area contributed by atoms with Gasteiger partial charge in [-0.05, 0) is 37.6 Å². The second-order valence-electron chi connectivity index (χ2n) is 4.81.